The maximum Gasteiger partial charge on any atom is 0.406 e. The summed E-state index contributed by atoms with van der Waals surface area (Å²) in [6.07, 6.45) is -4.44. The van der Waals surface area contributed by atoms with Gasteiger partial charge in [0.05, 0.1) is 13.1 Å². The Morgan fingerprint density at radius 3 is 2.35 bits per heavy atom. The van der Waals surface area contributed by atoms with Crippen molar-refractivity contribution in [2.24, 2.45) is 4.99 Å². The Labute approximate surface area is 149 Å². The molecule has 26 heavy (non-hydrogen) atoms. The zero-order valence-corrected chi connectivity index (χ0v) is 14.8. The third kappa shape index (κ3) is 8.04. The van der Waals surface area contributed by atoms with Gasteiger partial charge in [-0.05, 0) is 24.3 Å². The Kier molecular flexibility index (Phi) is 8.14. The van der Waals surface area contributed by atoms with Crippen LogP contribution in [0.1, 0.15) is 0 Å². The molecule has 0 saturated carbocycles. The minimum absolute atomic E-state index is 0.269. The number of likely N-dealkylation sites (N-methyl/N-ethyl adjacent to an activating group) is 2. The summed E-state index contributed by atoms with van der Waals surface area (Å²) in [6.45, 7) is -0.968. The average Bonchev–Trinajstić information content (AvgIpc) is 2.55. The Morgan fingerprint density at radius 1 is 1.19 bits per heavy atom. The number of rotatable bonds is 7. The van der Waals surface area contributed by atoms with Gasteiger partial charge in [-0.2, -0.15) is 13.2 Å². The van der Waals surface area contributed by atoms with E-state index < -0.39 is 18.6 Å². The summed E-state index contributed by atoms with van der Waals surface area (Å²) in [4.78, 5) is 17.9. The molecule has 0 aliphatic heterocycles. The fourth-order valence-electron chi connectivity index (χ4n) is 1.97. The molecule has 1 amide bonds. The molecule has 0 aliphatic rings. The van der Waals surface area contributed by atoms with Crippen LogP contribution in [0.4, 0.5) is 17.6 Å². The van der Waals surface area contributed by atoms with Gasteiger partial charge in [0.2, 0.25) is 5.91 Å². The summed E-state index contributed by atoms with van der Waals surface area (Å²) in [7, 11) is 4.26. The number of carbonyl (C=O) groups excluding carboxylic acids is 1. The van der Waals surface area contributed by atoms with Gasteiger partial charge in [-0.25, -0.2) is 4.39 Å². The molecule has 0 unspecified atom stereocenters. The van der Waals surface area contributed by atoms with Crippen LogP contribution in [-0.4, -0.2) is 75.2 Å². The van der Waals surface area contributed by atoms with Crippen molar-refractivity contribution >= 4 is 11.9 Å². The predicted molar refractivity (Wildman–Crippen MR) is 89.6 cm³/mol. The summed E-state index contributed by atoms with van der Waals surface area (Å²) in [5.41, 5.74) is 0. The van der Waals surface area contributed by atoms with E-state index in [1.165, 1.54) is 31.3 Å². The van der Waals surface area contributed by atoms with Crippen molar-refractivity contribution in [3.05, 3.63) is 30.1 Å². The van der Waals surface area contributed by atoms with E-state index in [1.54, 1.807) is 11.9 Å². The first-order chi connectivity index (χ1) is 12.1. The number of aliphatic imine (C=N–C) groups is 1. The van der Waals surface area contributed by atoms with Gasteiger partial charge in [-0.1, -0.05) is 0 Å². The summed E-state index contributed by atoms with van der Waals surface area (Å²) in [5, 5.41) is 2.70. The standard InChI is InChI=1S/C16H22F4N4O2/c1-21-15(22-10-14(25)24(3)11-16(18,19)20)23(2)8-9-26-13-6-4-12(17)5-7-13/h4-7H,8-11H2,1-3H3,(H,21,22). The maximum atomic E-state index is 12.8. The number of nitrogens with one attached hydrogen (secondary N) is 1. The number of amides is 1. The fraction of sp³-hybridized carbons (Fsp3) is 0.500. The zero-order chi connectivity index (χ0) is 19.7. The van der Waals surface area contributed by atoms with E-state index in [1.807, 2.05) is 0 Å². The Hall–Kier alpha value is -2.52. The minimum atomic E-state index is -4.44. The highest BCUT2D eigenvalue weighted by molar-refractivity contribution is 5.86. The normalized spacial score (nSPS) is 11.9. The molecule has 1 aromatic rings. The van der Waals surface area contributed by atoms with Crippen LogP contribution in [0, 0.1) is 5.82 Å². The quantitative estimate of drug-likeness (QED) is 0.446. The van der Waals surface area contributed by atoms with E-state index in [-0.39, 0.29) is 19.0 Å². The Morgan fingerprint density at radius 2 is 1.81 bits per heavy atom. The lowest BCUT2D eigenvalue weighted by atomic mass is 10.3. The SMILES string of the molecule is CN=C(NCC(=O)N(C)CC(F)(F)F)N(C)CCOc1ccc(F)cc1. The number of hydrogen-bond acceptors (Lipinski definition) is 3. The minimum Gasteiger partial charge on any atom is -0.492 e. The van der Waals surface area contributed by atoms with Gasteiger partial charge >= 0.3 is 6.18 Å². The van der Waals surface area contributed by atoms with Crippen LogP contribution in [0.2, 0.25) is 0 Å². The fourth-order valence-corrected chi connectivity index (χ4v) is 1.97. The van der Waals surface area contributed by atoms with Crippen LogP contribution in [-0.2, 0) is 4.79 Å². The van der Waals surface area contributed by atoms with E-state index in [0.717, 1.165) is 7.05 Å². The highest BCUT2D eigenvalue weighted by atomic mass is 19.4. The average molecular weight is 378 g/mol. The second-order valence-electron chi connectivity index (χ2n) is 5.49. The molecule has 6 nitrogen and oxygen atoms in total. The number of benzene rings is 1. The van der Waals surface area contributed by atoms with Crippen molar-refractivity contribution in [1.29, 1.82) is 0 Å². The zero-order valence-electron chi connectivity index (χ0n) is 14.8. The smallest absolute Gasteiger partial charge is 0.406 e. The van der Waals surface area contributed by atoms with Crippen molar-refractivity contribution in [1.82, 2.24) is 15.1 Å². The molecule has 0 saturated heterocycles. The van der Waals surface area contributed by atoms with Gasteiger partial charge in [0.1, 0.15) is 24.7 Å². The Bertz CT molecular complexity index is 605. The number of guanidine groups is 1. The summed E-state index contributed by atoms with van der Waals surface area (Å²) < 4.78 is 55.1. The van der Waals surface area contributed by atoms with E-state index in [2.05, 4.69) is 10.3 Å². The predicted octanol–water partition coefficient (Wildman–Crippen LogP) is 1.73. The molecule has 0 atom stereocenters. The lowest BCUT2D eigenvalue weighted by molar-refractivity contribution is -0.157. The lowest BCUT2D eigenvalue weighted by Crippen LogP contribution is -2.46. The van der Waals surface area contributed by atoms with Gasteiger partial charge in [-0.3, -0.25) is 9.79 Å². The molecule has 0 aliphatic carbocycles. The molecule has 1 rings (SSSR count). The second kappa shape index (κ2) is 9.83. The van der Waals surface area contributed by atoms with E-state index in [4.69, 9.17) is 4.74 Å². The molecule has 0 bridgehead atoms. The number of alkyl halides is 3. The molecule has 0 heterocycles. The van der Waals surface area contributed by atoms with Crippen molar-refractivity contribution < 1.29 is 27.1 Å². The van der Waals surface area contributed by atoms with Gasteiger partial charge in [0, 0.05) is 21.1 Å². The topological polar surface area (TPSA) is 57.2 Å². The lowest BCUT2D eigenvalue weighted by Gasteiger charge is -2.24. The third-order valence-corrected chi connectivity index (χ3v) is 3.32. The molecular formula is C16H22F4N4O2. The molecule has 10 heteroatoms. The van der Waals surface area contributed by atoms with Crippen molar-refractivity contribution in [3.8, 4) is 5.75 Å². The van der Waals surface area contributed by atoms with Gasteiger partial charge in [-0.15, -0.1) is 0 Å². The number of nitrogens with zero attached hydrogens (tertiary/aromatic N) is 3. The molecule has 1 N–H and O–H groups in total. The molecule has 0 fully saturated rings. The number of hydrogen-bond donors (Lipinski definition) is 1. The van der Waals surface area contributed by atoms with Crippen LogP contribution < -0.4 is 10.1 Å². The molecule has 0 radical (unpaired) electrons. The van der Waals surface area contributed by atoms with Crippen LogP contribution in [0.25, 0.3) is 0 Å². The monoisotopic (exact) mass is 378 g/mol. The Balaban J connectivity index is 2.40. The first-order valence-corrected chi connectivity index (χ1v) is 7.73. The maximum absolute atomic E-state index is 12.8. The summed E-state index contributed by atoms with van der Waals surface area (Å²) >= 11 is 0. The highest BCUT2D eigenvalue weighted by Crippen LogP contribution is 2.15. The van der Waals surface area contributed by atoms with Crippen LogP contribution in [0.15, 0.2) is 29.3 Å². The second-order valence-corrected chi connectivity index (χ2v) is 5.49. The third-order valence-electron chi connectivity index (χ3n) is 3.32. The first kappa shape index (κ1) is 21.5. The number of carbonyl (C=O) groups is 1. The molecule has 1 aromatic carbocycles. The van der Waals surface area contributed by atoms with Crippen LogP contribution in [0.5, 0.6) is 5.75 Å². The van der Waals surface area contributed by atoms with E-state index in [0.29, 0.717) is 23.2 Å². The summed E-state index contributed by atoms with van der Waals surface area (Å²) in [5.74, 6) is -0.230. The largest absolute Gasteiger partial charge is 0.492 e. The van der Waals surface area contributed by atoms with Gasteiger partial charge in [0.25, 0.3) is 0 Å². The number of halogens is 4. The molecule has 0 spiro atoms. The van der Waals surface area contributed by atoms with Crippen LogP contribution in [0.3, 0.4) is 0 Å². The number of ether oxygens (including phenoxy) is 1. The summed E-state index contributed by atoms with van der Waals surface area (Å²) in [6, 6.07) is 5.56. The van der Waals surface area contributed by atoms with E-state index in [9.17, 15) is 22.4 Å². The first-order valence-electron chi connectivity index (χ1n) is 7.73. The van der Waals surface area contributed by atoms with Crippen molar-refractivity contribution in [2.75, 3.05) is 47.4 Å². The van der Waals surface area contributed by atoms with E-state index >= 15 is 0 Å². The van der Waals surface area contributed by atoms with Gasteiger partial charge in [0.15, 0.2) is 5.96 Å². The molecular weight excluding hydrogens is 356 g/mol. The van der Waals surface area contributed by atoms with Crippen molar-refractivity contribution in [3.63, 3.8) is 0 Å². The van der Waals surface area contributed by atoms with Gasteiger partial charge < -0.3 is 19.9 Å². The molecule has 146 valence electrons. The highest BCUT2D eigenvalue weighted by Gasteiger charge is 2.31. The van der Waals surface area contributed by atoms with Crippen molar-refractivity contribution in [2.45, 2.75) is 6.18 Å². The molecule has 0 aromatic heterocycles. The van der Waals surface area contributed by atoms with Crippen LogP contribution >= 0.6 is 0 Å².